The molecule has 10 heteroatoms. The number of benzene rings is 1. The third-order valence-corrected chi connectivity index (χ3v) is 5.57. The third kappa shape index (κ3) is 4.69. The van der Waals surface area contributed by atoms with Crippen LogP contribution >= 0.6 is 0 Å². The van der Waals surface area contributed by atoms with E-state index < -0.39 is 28.8 Å². The molecule has 162 valence electrons. The summed E-state index contributed by atoms with van der Waals surface area (Å²) in [5.74, 6) is -1.67. The highest BCUT2D eigenvalue weighted by Gasteiger charge is 2.40. The first kappa shape index (κ1) is 21.5. The first-order chi connectivity index (χ1) is 14.3. The number of carbonyl (C=O) groups is 3. The Morgan fingerprint density at radius 2 is 2.00 bits per heavy atom. The van der Waals surface area contributed by atoms with Crippen molar-refractivity contribution in [1.82, 2.24) is 4.90 Å². The molecule has 10 nitrogen and oxygen atoms in total. The normalized spacial score (nSPS) is 20.1. The van der Waals surface area contributed by atoms with Crippen LogP contribution in [0.2, 0.25) is 0 Å². The van der Waals surface area contributed by atoms with Crippen LogP contribution in [0.5, 0.6) is 5.75 Å². The molecule has 1 heterocycles. The molecule has 30 heavy (non-hydrogen) atoms. The van der Waals surface area contributed by atoms with E-state index in [9.17, 15) is 24.5 Å². The zero-order valence-electron chi connectivity index (χ0n) is 17.0. The summed E-state index contributed by atoms with van der Waals surface area (Å²) in [4.78, 5) is 49.3. The molecule has 2 aliphatic rings. The van der Waals surface area contributed by atoms with E-state index >= 15 is 0 Å². The number of esters is 1. The van der Waals surface area contributed by atoms with Gasteiger partial charge in [-0.25, -0.2) is 0 Å². The first-order valence-electron chi connectivity index (χ1n) is 9.93. The van der Waals surface area contributed by atoms with Crippen LogP contribution in [-0.2, 0) is 19.1 Å². The zero-order valence-corrected chi connectivity index (χ0v) is 17.0. The number of methoxy groups -OCH3 is 1. The van der Waals surface area contributed by atoms with Gasteiger partial charge < -0.3 is 19.7 Å². The number of carbonyl (C=O) groups excluding carboxylic acids is 3. The van der Waals surface area contributed by atoms with Crippen LogP contribution in [-0.4, -0.2) is 53.4 Å². The van der Waals surface area contributed by atoms with Crippen LogP contribution in [0.15, 0.2) is 18.2 Å². The molecule has 0 radical (unpaired) electrons. The highest BCUT2D eigenvalue weighted by Crippen LogP contribution is 2.31. The Balaban J connectivity index is 1.59. The van der Waals surface area contributed by atoms with Gasteiger partial charge in [0.15, 0.2) is 6.10 Å². The van der Waals surface area contributed by atoms with E-state index in [2.05, 4.69) is 5.32 Å². The summed E-state index contributed by atoms with van der Waals surface area (Å²) in [6, 6.07) is 3.98. The minimum atomic E-state index is -1.14. The van der Waals surface area contributed by atoms with Gasteiger partial charge in [-0.1, -0.05) is 12.8 Å². The number of hydrogen-bond acceptors (Lipinski definition) is 7. The molecule has 0 aromatic heterocycles. The Morgan fingerprint density at radius 1 is 1.30 bits per heavy atom. The van der Waals surface area contributed by atoms with Crippen molar-refractivity contribution in [3.8, 4) is 5.75 Å². The van der Waals surface area contributed by atoms with E-state index in [1.807, 2.05) is 0 Å². The monoisotopic (exact) mass is 419 g/mol. The van der Waals surface area contributed by atoms with Crippen molar-refractivity contribution in [3.63, 3.8) is 0 Å². The Bertz CT molecular complexity index is 851. The van der Waals surface area contributed by atoms with Crippen molar-refractivity contribution >= 4 is 29.2 Å². The molecule has 1 aliphatic carbocycles. The van der Waals surface area contributed by atoms with Crippen molar-refractivity contribution < 1.29 is 28.8 Å². The number of nitrogens with one attached hydrogen (secondary N) is 1. The van der Waals surface area contributed by atoms with Gasteiger partial charge in [-0.3, -0.25) is 24.5 Å². The van der Waals surface area contributed by atoms with Crippen LogP contribution in [0.25, 0.3) is 0 Å². The molecule has 2 amide bonds. The molecule has 0 unspecified atom stereocenters. The van der Waals surface area contributed by atoms with Crippen molar-refractivity contribution in [3.05, 3.63) is 28.3 Å². The smallest absolute Gasteiger partial charge is 0.312 e. The molecule has 0 spiro atoms. The second kappa shape index (κ2) is 9.10. The van der Waals surface area contributed by atoms with Gasteiger partial charge in [-0.05, 0) is 25.8 Å². The summed E-state index contributed by atoms with van der Waals surface area (Å²) in [5, 5.41) is 13.5. The van der Waals surface area contributed by atoms with Crippen molar-refractivity contribution in [1.29, 1.82) is 0 Å². The number of anilines is 1. The molecule has 1 saturated heterocycles. The standard InChI is InChI=1S/C20H25N3O7/c1-12(19(25)21-16-10-15(23(27)28)7-8-17(16)29-2)30-20(26)13-9-18(24)22(11-13)14-5-3-4-6-14/h7-8,10,12-14H,3-6,9,11H2,1-2H3,(H,21,25)/t12-,13+/m1/s1. The summed E-state index contributed by atoms with van der Waals surface area (Å²) in [6.45, 7) is 1.72. The average Bonchev–Trinajstić information content (AvgIpc) is 3.37. The van der Waals surface area contributed by atoms with Crippen molar-refractivity contribution in [2.24, 2.45) is 5.92 Å². The lowest BCUT2D eigenvalue weighted by Gasteiger charge is -2.24. The van der Waals surface area contributed by atoms with Crippen LogP contribution in [0.1, 0.15) is 39.0 Å². The van der Waals surface area contributed by atoms with Gasteiger partial charge in [0.25, 0.3) is 11.6 Å². The topological polar surface area (TPSA) is 128 Å². The second-order valence-electron chi connectivity index (χ2n) is 7.60. The summed E-state index contributed by atoms with van der Waals surface area (Å²) >= 11 is 0. The van der Waals surface area contributed by atoms with E-state index in [1.165, 1.54) is 32.2 Å². The number of likely N-dealkylation sites (tertiary alicyclic amines) is 1. The van der Waals surface area contributed by atoms with Gasteiger partial charge >= 0.3 is 5.97 Å². The fraction of sp³-hybridized carbons (Fsp3) is 0.550. The largest absolute Gasteiger partial charge is 0.495 e. The number of nitro benzene ring substituents is 1. The van der Waals surface area contributed by atoms with Crippen LogP contribution in [0.4, 0.5) is 11.4 Å². The quantitative estimate of drug-likeness (QED) is 0.408. The summed E-state index contributed by atoms with van der Waals surface area (Å²) in [6.07, 6.45) is 3.03. The fourth-order valence-electron chi connectivity index (χ4n) is 3.92. The average molecular weight is 419 g/mol. The molecule has 2 fully saturated rings. The molecule has 1 saturated carbocycles. The maximum atomic E-state index is 12.5. The van der Waals surface area contributed by atoms with Gasteiger partial charge in [0.05, 0.1) is 23.6 Å². The number of nitro groups is 1. The van der Waals surface area contributed by atoms with Gasteiger partial charge in [0, 0.05) is 31.1 Å². The second-order valence-corrected chi connectivity index (χ2v) is 7.60. The number of rotatable bonds is 7. The highest BCUT2D eigenvalue weighted by atomic mass is 16.6. The molecule has 1 aromatic rings. The number of amides is 2. The Morgan fingerprint density at radius 3 is 2.63 bits per heavy atom. The van der Waals surface area contributed by atoms with E-state index in [1.54, 1.807) is 4.90 Å². The highest BCUT2D eigenvalue weighted by molar-refractivity contribution is 5.97. The number of non-ortho nitro benzene ring substituents is 1. The van der Waals surface area contributed by atoms with Gasteiger partial charge in [-0.2, -0.15) is 0 Å². The molecule has 1 aliphatic heterocycles. The van der Waals surface area contributed by atoms with E-state index in [-0.39, 0.29) is 35.5 Å². The van der Waals surface area contributed by atoms with Crippen molar-refractivity contribution in [2.45, 2.75) is 51.2 Å². The lowest BCUT2D eigenvalue weighted by molar-refractivity contribution is -0.384. The summed E-state index contributed by atoms with van der Waals surface area (Å²) in [7, 11) is 1.37. The first-order valence-corrected chi connectivity index (χ1v) is 9.93. The van der Waals surface area contributed by atoms with Crippen LogP contribution < -0.4 is 10.1 Å². The lowest BCUT2D eigenvalue weighted by atomic mass is 10.1. The Kier molecular flexibility index (Phi) is 6.53. The molecule has 3 rings (SSSR count). The number of hydrogen-bond donors (Lipinski definition) is 1. The predicted octanol–water partition coefficient (Wildman–Crippen LogP) is 2.26. The zero-order chi connectivity index (χ0) is 21.8. The van der Waals surface area contributed by atoms with Gasteiger partial charge in [0.2, 0.25) is 5.91 Å². The Labute approximate surface area is 173 Å². The molecular weight excluding hydrogens is 394 g/mol. The molecule has 0 bridgehead atoms. The SMILES string of the molecule is COc1ccc([N+](=O)[O-])cc1NC(=O)[C@@H](C)OC(=O)[C@H]1CC(=O)N(C2CCCC2)C1. The minimum Gasteiger partial charge on any atom is -0.495 e. The predicted molar refractivity (Wildman–Crippen MR) is 106 cm³/mol. The lowest BCUT2D eigenvalue weighted by Crippen LogP contribution is -2.36. The maximum Gasteiger partial charge on any atom is 0.312 e. The fourth-order valence-corrected chi connectivity index (χ4v) is 3.92. The minimum absolute atomic E-state index is 0.0534. The number of nitrogens with zero attached hydrogens (tertiary/aromatic N) is 2. The van der Waals surface area contributed by atoms with E-state index in [0.29, 0.717) is 6.54 Å². The molecule has 1 aromatic carbocycles. The number of ether oxygens (including phenoxy) is 2. The van der Waals surface area contributed by atoms with Crippen molar-refractivity contribution in [2.75, 3.05) is 19.0 Å². The van der Waals surface area contributed by atoms with E-state index in [0.717, 1.165) is 25.7 Å². The van der Waals surface area contributed by atoms with Gasteiger partial charge in [-0.15, -0.1) is 0 Å². The third-order valence-electron chi connectivity index (χ3n) is 5.57. The molecule has 2 atom stereocenters. The van der Waals surface area contributed by atoms with Crippen LogP contribution in [0, 0.1) is 16.0 Å². The maximum absolute atomic E-state index is 12.5. The summed E-state index contributed by atoms with van der Waals surface area (Å²) in [5.41, 5.74) is -0.115. The van der Waals surface area contributed by atoms with Gasteiger partial charge in [0.1, 0.15) is 5.75 Å². The van der Waals surface area contributed by atoms with E-state index in [4.69, 9.17) is 9.47 Å². The molecule has 1 N–H and O–H groups in total. The molecular formula is C20H25N3O7. The summed E-state index contributed by atoms with van der Waals surface area (Å²) < 4.78 is 10.4. The van der Waals surface area contributed by atoms with Crippen LogP contribution in [0.3, 0.4) is 0 Å². The Hall–Kier alpha value is -3.17.